The van der Waals surface area contributed by atoms with Gasteiger partial charge >= 0.3 is 0 Å². The van der Waals surface area contributed by atoms with Gasteiger partial charge in [0, 0.05) is 6.07 Å². The third kappa shape index (κ3) is 4.10. The summed E-state index contributed by atoms with van der Waals surface area (Å²) in [5.74, 6) is 1.67. The highest BCUT2D eigenvalue weighted by atomic mass is 32.2. The first-order valence-electron chi connectivity index (χ1n) is 7.59. The fourth-order valence-corrected chi connectivity index (χ4v) is 4.34. The SMILES string of the molecule is CCSc1nnc(NC(=O)CN2CCC[C@H]2c2cc(C)on2)s1. The minimum atomic E-state index is -0.0682. The van der Waals surface area contributed by atoms with Crippen LogP contribution in [-0.2, 0) is 4.79 Å². The number of nitrogens with one attached hydrogen (secondary N) is 1. The van der Waals surface area contributed by atoms with E-state index in [-0.39, 0.29) is 11.9 Å². The van der Waals surface area contributed by atoms with Crippen LogP contribution in [0.15, 0.2) is 14.9 Å². The quantitative estimate of drug-likeness (QED) is 0.631. The summed E-state index contributed by atoms with van der Waals surface area (Å²) in [7, 11) is 0. The summed E-state index contributed by atoms with van der Waals surface area (Å²) < 4.78 is 6.03. The molecule has 1 aliphatic rings. The fourth-order valence-electron chi connectivity index (χ4n) is 2.68. The Hall–Kier alpha value is -1.45. The van der Waals surface area contributed by atoms with Gasteiger partial charge in [0.05, 0.1) is 12.6 Å². The molecule has 9 heteroatoms. The lowest BCUT2D eigenvalue weighted by Gasteiger charge is -2.21. The number of aromatic nitrogens is 3. The lowest BCUT2D eigenvalue weighted by atomic mass is 10.1. The monoisotopic (exact) mass is 353 g/mol. The highest BCUT2D eigenvalue weighted by molar-refractivity contribution is 8.01. The number of aryl methyl sites for hydroxylation is 1. The maximum absolute atomic E-state index is 12.3. The molecule has 2 aromatic rings. The molecule has 0 radical (unpaired) electrons. The number of anilines is 1. The number of hydrogen-bond acceptors (Lipinski definition) is 8. The molecule has 0 saturated carbocycles. The second kappa shape index (κ2) is 7.41. The van der Waals surface area contributed by atoms with Crippen LogP contribution in [0.5, 0.6) is 0 Å². The molecule has 23 heavy (non-hydrogen) atoms. The number of likely N-dealkylation sites (tertiary alicyclic amines) is 1. The first kappa shape index (κ1) is 16.4. The Morgan fingerprint density at radius 3 is 3.17 bits per heavy atom. The van der Waals surface area contributed by atoms with Crippen molar-refractivity contribution in [1.82, 2.24) is 20.3 Å². The van der Waals surface area contributed by atoms with Crippen LogP contribution < -0.4 is 5.32 Å². The minimum Gasteiger partial charge on any atom is -0.361 e. The first-order chi connectivity index (χ1) is 11.2. The van der Waals surface area contributed by atoms with E-state index in [0.29, 0.717) is 11.7 Å². The average molecular weight is 353 g/mol. The van der Waals surface area contributed by atoms with Gasteiger partial charge in [0.2, 0.25) is 11.0 Å². The maximum atomic E-state index is 12.3. The van der Waals surface area contributed by atoms with Crippen LogP contribution in [0.4, 0.5) is 5.13 Å². The Morgan fingerprint density at radius 2 is 2.43 bits per heavy atom. The van der Waals surface area contributed by atoms with E-state index >= 15 is 0 Å². The van der Waals surface area contributed by atoms with Gasteiger partial charge in [0.1, 0.15) is 11.5 Å². The predicted octanol–water partition coefficient (Wildman–Crippen LogP) is 2.72. The van der Waals surface area contributed by atoms with Gasteiger partial charge in [0.25, 0.3) is 0 Å². The smallest absolute Gasteiger partial charge is 0.240 e. The molecule has 1 atom stereocenters. The number of carbonyl (C=O) groups is 1. The molecule has 0 aromatic carbocycles. The van der Waals surface area contributed by atoms with Crippen LogP contribution in [-0.4, -0.2) is 45.0 Å². The Labute approximate surface area is 142 Å². The zero-order chi connectivity index (χ0) is 16.2. The number of hydrogen-bond donors (Lipinski definition) is 1. The second-order valence-electron chi connectivity index (χ2n) is 5.35. The largest absolute Gasteiger partial charge is 0.361 e. The molecule has 1 aliphatic heterocycles. The maximum Gasteiger partial charge on any atom is 0.240 e. The van der Waals surface area contributed by atoms with Crippen molar-refractivity contribution in [2.75, 3.05) is 24.2 Å². The topological polar surface area (TPSA) is 84.2 Å². The van der Waals surface area contributed by atoms with Crippen LogP contribution in [0.3, 0.4) is 0 Å². The molecular formula is C14H19N5O2S2. The minimum absolute atomic E-state index is 0.0682. The molecular weight excluding hydrogens is 334 g/mol. The van der Waals surface area contributed by atoms with Crippen LogP contribution in [0.25, 0.3) is 0 Å². The van der Waals surface area contributed by atoms with Crippen LogP contribution in [0.1, 0.15) is 37.3 Å². The molecule has 1 fully saturated rings. The third-order valence-electron chi connectivity index (χ3n) is 3.62. The van der Waals surface area contributed by atoms with Crippen molar-refractivity contribution in [3.63, 3.8) is 0 Å². The molecule has 1 saturated heterocycles. The molecule has 1 N–H and O–H groups in total. The Bertz CT molecular complexity index is 672. The molecule has 3 heterocycles. The summed E-state index contributed by atoms with van der Waals surface area (Å²) in [6, 6.07) is 2.10. The Kier molecular flexibility index (Phi) is 5.29. The molecule has 0 spiro atoms. The highest BCUT2D eigenvalue weighted by Crippen LogP contribution is 2.31. The molecule has 1 amide bonds. The summed E-state index contributed by atoms with van der Waals surface area (Å²) in [5, 5.41) is 15.5. The van der Waals surface area contributed by atoms with E-state index in [1.807, 2.05) is 13.0 Å². The van der Waals surface area contributed by atoms with E-state index < -0.39 is 0 Å². The van der Waals surface area contributed by atoms with E-state index in [1.165, 1.54) is 11.3 Å². The van der Waals surface area contributed by atoms with Crippen LogP contribution in [0.2, 0.25) is 0 Å². The molecule has 7 nitrogen and oxygen atoms in total. The zero-order valence-electron chi connectivity index (χ0n) is 13.1. The normalized spacial score (nSPS) is 18.4. The zero-order valence-corrected chi connectivity index (χ0v) is 14.7. The summed E-state index contributed by atoms with van der Waals surface area (Å²) in [6.45, 7) is 5.15. The number of carbonyl (C=O) groups excluding carboxylic acids is 1. The lowest BCUT2D eigenvalue weighted by Crippen LogP contribution is -2.33. The van der Waals surface area contributed by atoms with Crippen LogP contribution >= 0.6 is 23.1 Å². The van der Waals surface area contributed by atoms with E-state index in [4.69, 9.17) is 4.52 Å². The van der Waals surface area contributed by atoms with Crippen molar-refractivity contribution >= 4 is 34.1 Å². The lowest BCUT2D eigenvalue weighted by molar-refractivity contribution is -0.117. The number of rotatable bonds is 6. The molecule has 3 rings (SSSR count). The van der Waals surface area contributed by atoms with Gasteiger partial charge in [-0.2, -0.15) is 0 Å². The van der Waals surface area contributed by atoms with E-state index in [2.05, 4.69) is 32.5 Å². The first-order valence-corrected chi connectivity index (χ1v) is 9.39. The Balaban J connectivity index is 1.58. The summed E-state index contributed by atoms with van der Waals surface area (Å²) in [4.78, 5) is 14.4. The van der Waals surface area contributed by atoms with Gasteiger partial charge in [-0.3, -0.25) is 15.0 Å². The summed E-state index contributed by atoms with van der Waals surface area (Å²) >= 11 is 3.03. The van der Waals surface area contributed by atoms with Crippen LogP contribution in [0, 0.1) is 6.92 Å². The van der Waals surface area contributed by atoms with Crippen molar-refractivity contribution < 1.29 is 9.32 Å². The van der Waals surface area contributed by atoms with E-state index in [1.54, 1.807) is 11.8 Å². The number of thioether (sulfide) groups is 1. The third-order valence-corrected chi connectivity index (χ3v) is 5.47. The molecule has 2 aromatic heterocycles. The van der Waals surface area contributed by atoms with Crippen molar-refractivity contribution in [3.8, 4) is 0 Å². The fraction of sp³-hybridized carbons (Fsp3) is 0.571. The average Bonchev–Trinajstić information content (AvgIpc) is 3.21. The highest BCUT2D eigenvalue weighted by Gasteiger charge is 2.30. The molecule has 124 valence electrons. The predicted molar refractivity (Wildman–Crippen MR) is 89.7 cm³/mol. The summed E-state index contributed by atoms with van der Waals surface area (Å²) in [5.41, 5.74) is 0.908. The number of amides is 1. The van der Waals surface area contributed by atoms with Gasteiger partial charge in [-0.15, -0.1) is 10.2 Å². The standard InChI is InChI=1S/C14H19N5O2S2/c1-3-22-14-17-16-13(23-14)15-12(20)8-19-6-4-5-11(19)10-7-9(2)21-18-10/h7,11H,3-6,8H2,1-2H3,(H,15,16,20)/t11-/m0/s1. The van der Waals surface area contributed by atoms with Gasteiger partial charge in [0.15, 0.2) is 4.34 Å². The molecule has 0 unspecified atom stereocenters. The van der Waals surface area contributed by atoms with E-state index in [9.17, 15) is 4.79 Å². The van der Waals surface area contributed by atoms with Gasteiger partial charge < -0.3 is 4.52 Å². The van der Waals surface area contributed by atoms with Gasteiger partial charge in [-0.25, -0.2) is 0 Å². The van der Waals surface area contributed by atoms with E-state index in [0.717, 1.165) is 40.9 Å². The second-order valence-corrected chi connectivity index (χ2v) is 7.83. The van der Waals surface area contributed by atoms with Gasteiger partial charge in [-0.1, -0.05) is 35.2 Å². The Morgan fingerprint density at radius 1 is 1.57 bits per heavy atom. The van der Waals surface area contributed by atoms with Crippen molar-refractivity contribution in [3.05, 3.63) is 17.5 Å². The summed E-state index contributed by atoms with van der Waals surface area (Å²) in [6.07, 6.45) is 2.05. The molecule has 0 bridgehead atoms. The number of nitrogens with zero attached hydrogens (tertiary/aromatic N) is 4. The van der Waals surface area contributed by atoms with Gasteiger partial charge in [-0.05, 0) is 32.1 Å². The molecule has 0 aliphatic carbocycles. The van der Waals surface area contributed by atoms with Crippen molar-refractivity contribution in [2.45, 2.75) is 37.1 Å². The van der Waals surface area contributed by atoms with Crippen molar-refractivity contribution in [1.29, 1.82) is 0 Å². The van der Waals surface area contributed by atoms with Crippen molar-refractivity contribution in [2.24, 2.45) is 0 Å².